The van der Waals surface area contributed by atoms with E-state index in [1.54, 1.807) is 6.08 Å². The van der Waals surface area contributed by atoms with E-state index in [0.717, 1.165) is 29.9 Å². The molecule has 4 nitrogen and oxygen atoms in total. The number of halogens is 2. The summed E-state index contributed by atoms with van der Waals surface area (Å²) in [5.41, 5.74) is 0.173. The SMILES string of the molecule is O=C1C2=CCCCC2C(=O)N1c1cc(O)c(Cl)cc1F. The number of benzene rings is 1. The number of imide groups is 1. The highest BCUT2D eigenvalue weighted by molar-refractivity contribution is 6.33. The number of rotatable bonds is 1. The molecule has 0 saturated carbocycles. The molecule has 1 aromatic rings. The maximum absolute atomic E-state index is 13.9. The highest BCUT2D eigenvalue weighted by Crippen LogP contribution is 2.39. The minimum absolute atomic E-state index is 0.165. The molecule has 0 spiro atoms. The Hall–Kier alpha value is -1.88. The van der Waals surface area contributed by atoms with Crippen LogP contribution in [-0.2, 0) is 9.59 Å². The summed E-state index contributed by atoms with van der Waals surface area (Å²) in [6, 6.07) is 1.90. The van der Waals surface area contributed by atoms with Gasteiger partial charge in [0.2, 0.25) is 5.91 Å². The van der Waals surface area contributed by atoms with Gasteiger partial charge in [0.05, 0.1) is 16.6 Å². The Morgan fingerprint density at radius 2 is 2.10 bits per heavy atom. The molecule has 1 aliphatic heterocycles. The zero-order valence-corrected chi connectivity index (χ0v) is 11.2. The van der Waals surface area contributed by atoms with Crippen molar-refractivity contribution in [2.75, 3.05) is 4.90 Å². The molecule has 104 valence electrons. The van der Waals surface area contributed by atoms with Crippen molar-refractivity contribution in [1.29, 1.82) is 0 Å². The molecule has 0 aromatic heterocycles. The van der Waals surface area contributed by atoms with Gasteiger partial charge >= 0.3 is 0 Å². The number of fused-ring (bicyclic) bond motifs is 1. The Bertz CT molecular complexity index is 656. The van der Waals surface area contributed by atoms with Crippen LogP contribution < -0.4 is 4.90 Å². The predicted molar refractivity (Wildman–Crippen MR) is 71.0 cm³/mol. The van der Waals surface area contributed by atoms with E-state index in [-0.39, 0.29) is 16.5 Å². The molecule has 1 N–H and O–H groups in total. The van der Waals surface area contributed by atoms with Gasteiger partial charge in [-0.25, -0.2) is 9.29 Å². The lowest BCUT2D eigenvalue weighted by molar-refractivity contribution is -0.122. The summed E-state index contributed by atoms with van der Waals surface area (Å²) in [7, 11) is 0. The van der Waals surface area contributed by atoms with Crippen molar-refractivity contribution in [2.45, 2.75) is 19.3 Å². The first kappa shape index (κ1) is 13.1. The smallest absolute Gasteiger partial charge is 0.261 e. The first-order valence-corrected chi connectivity index (χ1v) is 6.65. The van der Waals surface area contributed by atoms with Crippen LogP contribution in [0.3, 0.4) is 0 Å². The average molecular weight is 296 g/mol. The molecule has 1 aromatic carbocycles. The molecule has 1 saturated heterocycles. The second-order valence-corrected chi connectivity index (χ2v) is 5.28. The minimum atomic E-state index is -0.811. The molecule has 1 fully saturated rings. The van der Waals surface area contributed by atoms with Gasteiger partial charge in [-0.1, -0.05) is 17.7 Å². The van der Waals surface area contributed by atoms with Crippen molar-refractivity contribution in [3.05, 3.63) is 34.6 Å². The second-order valence-electron chi connectivity index (χ2n) is 4.88. The first-order chi connectivity index (χ1) is 9.50. The summed E-state index contributed by atoms with van der Waals surface area (Å²) >= 11 is 5.60. The second kappa shape index (κ2) is 4.59. The van der Waals surface area contributed by atoms with Gasteiger partial charge in [-0.15, -0.1) is 0 Å². The monoisotopic (exact) mass is 295 g/mol. The molecule has 1 unspecified atom stereocenters. The van der Waals surface area contributed by atoms with E-state index in [0.29, 0.717) is 12.0 Å². The van der Waals surface area contributed by atoms with Crippen molar-refractivity contribution in [1.82, 2.24) is 0 Å². The third-order valence-electron chi connectivity index (χ3n) is 3.66. The van der Waals surface area contributed by atoms with Crippen LogP contribution in [0.1, 0.15) is 19.3 Å². The molecule has 2 amide bonds. The van der Waals surface area contributed by atoms with Crippen molar-refractivity contribution in [2.24, 2.45) is 5.92 Å². The molecule has 2 aliphatic rings. The number of nitrogens with zero attached hydrogens (tertiary/aromatic N) is 1. The molecule has 0 radical (unpaired) electrons. The summed E-state index contributed by atoms with van der Waals surface area (Å²) in [6.45, 7) is 0. The molecule has 1 atom stereocenters. The summed E-state index contributed by atoms with van der Waals surface area (Å²) in [6.07, 6.45) is 3.90. The van der Waals surface area contributed by atoms with E-state index < -0.39 is 23.5 Å². The fourth-order valence-corrected chi connectivity index (χ4v) is 2.83. The Balaban J connectivity index is 2.09. The van der Waals surface area contributed by atoms with Gasteiger partial charge in [-0.05, 0) is 25.3 Å². The van der Waals surface area contributed by atoms with Gasteiger partial charge in [0.1, 0.15) is 11.6 Å². The number of anilines is 1. The number of hydrogen-bond donors (Lipinski definition) is 1. The third-order valence-corrected chi connectivity index (χ3v) is 3.97. The van der Waals surface area contributed by atoms with Crippen LogP contribution in [0.2, 0.25) is 5.02 Å². The standard InChI is InChI=1S/C14H11ClFNO3/c15-9-5-10(16)11(6-12(9)18)17-13(19)7-3-1-2-4-8(7)14(17)20/h3,5-6,8,18H,1-2,4H2. The van der Waals surface area contributed by atoms with E-state index in [9.17, 15) is 19.1 Å². The number of carbonyl (C=O) groups excluding carboxylic acids is 2. The fourth-order valence-electron chi connectivity index (χ4n) is 2.68. The van der Waals surface area contributed by atoms with E-state index in [2.05, 4.69) is 0 Å². The Morgan fingerprint density at radius 3 is 2.80 bits per heavy atom. The summed E-state index contributed by atoms with van der Waals surface area (Å²) < 4.78 is 13.9. The summed E-state index contributed by atoms with van der Waals surface area (Å²) in [5.74, 6) is -2.63. The van der Waals surface area contributed by atoms with Crippen molar-refractivity contribution >= 4 is 29.1 Å². The van der Waals surface area contributed by atoms with Crippen LogP contribution in [-0.4, -0.2) is 16.9 Å². The Labute approximate surface area is 119 Å². The zero-order chi connectivity index (χ0) is 14.4. The number of amides is 2. The normalized spacial score (nSPS) is 22.0. The third kappa shape index (κ3) is 1.81. The molecule has 1 aliphatic carbocycles. The quantitative estimate of drug-likeness (QED) is 0.811. The lowest BCUT2D eigenvalue weighted by atomic mass is 9.90. The topological polar surface area (TPSA) is 57.6 Å². The van der Waals surface area contributed by atoms with Gasteiger partial charge in [0, 0.05) is 11.6 Å². The summed E-state index contributed by atoms with van der Waals surface area (Å²) in [5, 5.41) is 9.39. The molecule has 0 bridgehead atoms. The number of carbonyl (C=O) groups is 2. The maximum atomic E-state index is 13.9. The van der Waals surface area contributed by atoms with Crippen molar-refractivity contribution < 1.29 is 19.1 Å². The Morgan fingerprint density at radius 1 is 1.35 bits per heavy atom. The number of aromatic hydroxyl groups is 1. The van der Waals surface area contributed by atoms with Crippen LogP contribution in [0.5, 0.6) is 5.75 Å². The molecule has 3 rings (SSSR count). The van der Waals surface area contributed by atoms with Gasteiger partial charge in [0.25, 0.3) is 5.91 Å². The van der Waals surface area contributed by atoms with Crippen molar-refractivity contribution in [3.8, 4) is 5.75 Å². The summed E-state index contributed by atoms with van der Waals surface area (Å²) in [4.78, 5) is 25.3. The number of allylic oxidation sites excluding steroid dienone is 1. The molecule has 1 heterocycles. The van der Waals surface area contributed by atoms with E-state index in [4.69, 9.17) is 11.6 Å². The lowest BCUT2D eigenvalue weighted by Crippen LogP contribution is -2.31. The van der Waals surface area contributed by atoms with E-state index in [1.165, 1.54) is 0 Å². The maximum Gasteiger partial charge on any atom is 0.261 e. The van der Waals surface area contributed by atoms with Gasteiger partial charge in [0.15, 0.2) is 0 Å². The van der Waals surface area contributed by atoms with Crippen LogP contribution >= 0.6 is 11.6 Å². The molecule has 6 heteroatoms. The van der Waals surface area contributed by atoms with Gasteiger partial charge in [-0.3, -0.25) is 9.59 Å². The lowest BCUT2D eigenvalue weighted by Gasteiger charge is -2.16. The number of hydrogen-bond acceptors (Lipinski definition) is 3. The minimum Gasteiger partial charge on any atom is -0.506 e. The average Bonchev–Trinajstić information content (AvgIpc) is 2.68. The van der Waals surface area contributed by atoms with Crippen LogP contribution in [0.15, 0.2) is 23.8 Å². The zero-order valence-electron chi connectivity index (χ0n) is 10.4. The molecular formula is C14H11ClFNO3. The van der Waals surface area contributed by atoms with Crippen LogP contribution in [0.4, 0.5) is 10.1 Å². The Kier molecular flexibility index (Phi) is 3.01. The largest absolute Gasteiger partial charge is 0.506 e. The number of phenols is 1. The predicted octanol–water partition coefficient (Wildman–Crippen LogP) is 2.78. The van der Waals surface area contributed by atoms with E-state index >= 15 is 0 Å². The van der Waals surface area contributed by atoms with Gasteiger partial charge < -0.3 is 5.11 Å². The molecular weight excluding hydrogens is 285 g/mol. The number of phenolic OH excluding ortho intramolecular Hbond substituents is 1. The molecule has 20 heavy (non-hydrogen) atoms. The van der Waals surface area contributed by atoms with Crippen LogP contribution in [0.25, 0.3) is 0 Å². The van der Waals surface area contributed by atoms with Gasteiger partial charge in [-0.2, -0.15) is 0 Å². The fraction of sp³-hybridized carbons (Fsp3) is 0.286. The van der Waals surface area contributed by atoms with Crippen LogP contribution in [0, 0.1) is 11.7 Å². The highest BCUT2D eigenvalue weighted by atomic mass is 35.5. The van der Waals surface area contributed by atoms with E-state index in [1.807, 2.05) is 0 Å². The van der Waals surface area contributed by atoms with Crippen molar-refractivity contribution in [3.63, 3.8) is 0 Å². The first-order valence-electron chi connectivity index (χ1n) is 6.27. The highest BCUT2D eigenvalue weighted by Gasteiger charge is 2.45.